The number of carbonyl (C=O) groups excluding carboxylic acids is 1. The van der Waals surface area contributed by atoms with E-state index in [1.165, 1.54) is 4.80 Å². The van der Waals surface area contributed by atoms with E-state index < -0.39 is 0 Å². The van der Waals surface area contributed by atoms with Gasteiger partial charge < -0.3 is 4.90 Å². The van der Waals surface area contributed by atoms with Gasteiger partial charge in [-0.1, -0.05) is 24.1 Å². The van der Waals surface area contributed by atoms with Crippen molar-refractivity contribution in [1.82, 2.24) is 25.1 Å². The highest BCUT2D eigenvalue weighted by Gasteiger charge is 2.36. The molecule has 1 atom stereocenters. The van der Waals surface area contributed by atoms with Crippen LogP contribution in [-0.4, -0.2) is 37.6 Å². The number of hydrogen-bond donors (Lipinski definition) is 0. The fourth-order valence-electron chi connectivity index (χ4n) is 3.42. The van der Waals surface area contributed by atoms with Gasteiger partial charge in [-0.3, -0.25) is 4.79 Å². The summed E-state index contributed by atoms with van der Waals surface area (Å²) < 4.78 is 0. The Morgan fingerprint density at radius 2 is 2.04 bits per heavy atom. The predicted octanol–water partition coefficient (Wildman–Crippen LogP) is 3.17. The van der Waals surface area contributed by atoms with E-state index in [1.807, 2.05) is 23.1 Å². The molecule has 2 heterocycles. The van der Waals surface area contributed by atoms with Gasteiger partial charge in [0.2, 0.25) is 5.91 Å². The van der Waals surface area contributed by atoms with Crippen LogP contribution < -0.4 is 0 Å². The fourth-order valence-corrected chi connectivity index (χ4v) is 3.61. The van der Waals surface area contributed by atoms with Crippen LogP contribution in [0.2, 0.25) is 5.02 Å². The molecule has 2 aromatic rings. The molecular formula is C17H20ClN5O. The molecule has 1 aromatic carbocycles. The minimum atomic E-state index is -0.0558. The summed E-state index contributed by atoms with van der Waals surface area (Å²) in [7, 11) is 0. The van der Waals surface area contributed by atoms with Gasteiger partial charge in [-0.15, -0.1) is 15.0 Å². The molecule has 1 aliphatic heterocycles. The first-order valence-corrected chi connectivity index (χ1v) is 8.96. The molecule has 2 aliphatic rings. The minimum Gasteiger partial charge on any atom is -0.332 e. The first-order chi connectivity index (χ1) is 11.7. The van der Waals surface area contributed by atoms with E-state index in [0.717, 1.165) is 50.8 Å². The number of rotatable bonds is 3. The summed E-state index contributed by atoms with van der Waals surface area (Å²) >= 11 is 6.03. The molecule has 24 heavy (non-hydrogen) atoms. The molecule has 1 saturated carbocycles. The zero-order valence-corrected chi connectivity index (χ0v) is 14.2. The van der Waals surface area contributed by atoms with Gasteiger partial charge in [-0.2, -0.15) is 0 Å². The van der Waals surface area contributed by atoms with Crippen LogP contribution in [0.25, 0.3) is 5.69 Å². The fraction of sp³-hybridized carbons (Fsp3) is 0.529. The third-order valence-electron chi connectivity index (χ3n) is 5.01. The van der Waals surface area contributed by atoms with E-state index in [-0.39, 0.29) is 17.9 Å². The van der Waals surface area contributed by atoms with E-state index in [9.17, 15) is 4.79 Å². The third kappa shape index (κ3) is 2.90. The Morgan fingerprint density at radius 1 is 1.17 bits per heavy atom. The molecule has 0 radical (unpaired) electrons. The SMILES string of the molecule is O=C(C1CCC1)N1CCCCC1c1nnn(-c2cccc(Cl)c2)n1. The molecule has 1 aliphatic carbocycles. The Labute approximate surface area is 145 Å². The summed E-state index contributed by atoms with van der Waals surface area (Å²) in [6.45, 7) is 0.797. The molecule has 6 nitrogen and oxygen atoms in total. The lowest BCUT2D eigenvalue weighted by atomic mass is 9.83. The first kappa shape index (κ1) is 15.6. The maximum Gasteiger partial charge on any atom is 0.226 e. The number of likely N-dealkylation sites (tertiary alicyclic amines) is 1. The minimum absolute atomic E-state index is 0.0558. The lowest BCUT2D eigenvalue weighted by molar-refractivity contribution is -0.142. The van der Waals surface area contributed by atoms with Crippen LogP contribution in [0, 0.1) is 5.92 Å². The van der Waals surface area contributed by atoms with Gasteiger partial charge >= 0.3 is 0 Å². The Morgan fingerprint density at radius 3 is 2.79 bits per heavy atom. The number of tetrazole rings is 1. The molecule has 2 fully saturated rings. The van der Waals surface area contributed by atoms with Gasteiger partial charge in [0.1, 0.15) is 0 Å². The number of aromatic nitrogens is 4. The van der Waals surface area contributed by atoms with Crippen molar-refractivity contribution < 1.29 is 4.79 Å². The zero-order valence-electron chi connectivity index (χ0n) is 13.4. The second-order valence-electron chi connectivity index (χ2n) is 6.59. The molecular weight excluding hydrogens is 326 g/mol. The van der Waals surface area contributed by atoms with Crippen LogP contribution in [0.1, 0.15) is 50.4 Å². The largest absolute Gasteiger partial charge is 0.332 e. The predicted molar refractivity (Wildman–Crippen MR) is 89.8 cm³/mol. The van der Waals surface area contributed by atoms with Gasteiger partial charge in [0.15, 0.2) is 5.82 Å². The summed E-state index contributed by atoms with van der Waals surface area (Å²) in [4.78, 5) is 16.2. The van der Waals surface area contributed by atoms with Crippen molar-refractivity contribution in [1.29, 1.82) is 0 Å². The lowest BCUT2D eigenvalue weighted by Gasteiger charge is -2.38. The molecule has 1 unspecified atom stereocenters. The molecule has 0 bridgehead atoms. The number of halogens is 1. The Bertz CT molecular complexity index is 742. The molecule has 7 heteroatoms. The molecule has 0 spiro atoms. The van der Waals surface area contributed by atoms with Gasteiger partial charge in [0.25, 0.3) is 0 Å². The normalized spacial score (nSPS) is 21.5. The van der Waals surface area contributed by atoms with Crippen molar-refractivity contribution in [3.05, 3.63) is 35.1 Å². The second-order valence-corrected chi connectivity index (χ2v) is 7.02. The van der Waals surface area contributed by atoms with Crippen LogP contribution in [0.5, 0.6) is 0 Å². The van der Waals surface area contributed by atoms with Crippen molar-refractivity contribution in [2.75, 3.05) is 6.54 Å². The van der Waals surface area contributed by atoms with E-state index in [2.05, 4.69) is 15.4 Å². The van der Waals surface area contributed by atoms with Gasteiger partial charge in [0.05, 0.1) is 11.7 Å². The van der Waals surface area contributed by atoms with E-state index in [1.54, 1.807) is 6.07 Å². The quantitative estimate of drug-likeness (QED) is 0.857. The summed E-state index contributed by atoms with van der Waals surface area (Å²) in [6, 6.07) is 7.29. The monoisotopic (exact) mass is 345 g/mol. The number of nitrogens with zero attached hydrogens (tertiary/aromatic N) is 5. The second kappa shape index (κ2) is 6.51. The maximum atomic E-state index is 12.7. The average Bonchev–Trinajstić information content (AvgIpc) is 3.03. The topological polar surface area (TPSA) is 63.9 Å². The third-order valence-corrected chi connectivity index (χ3v) is 5.24. The molecule has 0 N–H and O–H groups in total. The number of carbonyl (C=O) groups is 1. The van der Waals surface area contributed by atoms with E-state index in [4.69, 9.17) is 11.6 Å². The summed E-state index contributed by atoms with van der Waals surface area (Å²) in [5.41, 5.74) is 0.772. The van der Waals surface area contributed by atoms with Crippen LogP contribution in [-0.2, 0) is 4.79 Å². The van der Waals surface area contributed by atoms with Gasteiger partial charge in [-0.05, 0) is 55.5 Å². The van der Waals surface area contributed by atoms with E-state index in [0.29, 0.717) is 10.8 Å². The Kier molecular flexibility index (Phi) is 4.22. The Balaban J connectivity index is 1.58. The van der Waals surface area contributed by atoms with Crippen LogP contribution in [0.3, 0.4) is 0 Å². The molecule has 4 rings (SSSR count). The van der Waals surface area contributed by atoms with Crippen molar-refractivity contribution in [2.24, 2.45) is 5.92 Å². The molecule has 126 valence electrons. The number of amides is 1. The van der Waals surface area contributed by atoms with Crippen molar-refractivity contribution in [3.63, 3.8) is 0 Å². The number of hydrogen-bond acceptors (Lipinski definition) is 4. The first-order valence-electron chi connectivity index (χ1n) is 8.59. The average molecular weight is 346 g/mol. The van der Waals surface area contributed by atoms with Crippen molar-refractivity contribution >= 4 is 17.5 Å². The molecule has 1 aromatic heterocycles. The summed E-state index contributed by atoms with van der Waals surface area (Å²) in [5, 5.41) is 13.5. The summed E-state index contributed by atoms with van der Waals surface area (Å²) in [5.74, 6) is 1.10. The molecule has 1 amide bonds. The Hall–Kier alpha value is -1.95. The van der Waals surface area contributed by atoms with Gasteiger partial charge in [-0.25, -0.2) is 0 Å². The number of benzene rings is 1. The lowest BCUT2D eigenvalue weighted by Crippen LogP contribution is -2.44. The van der Waals surface area contributed by atoms with Crippen molar-refractivity contribution in [2.45, 2.75) is 44.6 Å². The standard InChI is InChI=1S/C17H20ClN5O/c18-13-7-4-8-14(11-13)23-20-16(19-21-23)15-9-1-2-10-22(15)17(24)12-5-3-6-12/h4,7-8,11-12,15H,1-3,5-6,9-10H2. The highest BCUT2D eigenvalue weighted by Crippen LogP contribution is 2.35. The number of piperidine rings is 1. The molecule has 1 saturated heterocycles. The van der Waals surface area contributed by atoms with E-state index >= 15 is 0 Å². The van der Waals surface area contributed by atoms with Crippen LogP contribution in [0.15, 0.2) is 24.3 Å². The van der Waals surface area contributed by atoms with Crippen LogP contribution in [0.4, 0.5) is 0 Å². The smallest absolute Gasteiger partial charge is 0.226 e. The zero-order chi connectivity index (χ0) is 16.5. The maximum absolute atomic E-state index is 12.7. The summed E-state index contributed by atoms with van der Waals surface area (Å²) in [6.07, 6.45) is 6.25. The van der Waals surface area contributed by atoms with Gasteiger partial charge in [0, 0.05) is 17.5 Å². The highest BCUT2D eigenvalue weighted by molar-refractivity contribution is 6.30. The van der Waals surface area contributed by atoms with Crippen molar-refractivity contribution in [3.8, 4) is 5.69 Å². The van der Waals surface area contributed by atoms with Crippen LogP contribution >= 0.6 is 11.6 Å². The highest BCUT2D eigenvalue weighted by atomic mass is 35.5.